The molecule has 0 radical (unpaired) electrons. The van der Waals surface area contributed by atoms with Crippen molar-refractivity contribution < 1.29 is 5.11 Å². The lowest BCUT2D eigenvalue weighted by molar-refractivity contribution is 0.470. The number of phenolic OH excluding ortho intramolecular Hbond substituents is 1. The Morgan fingerprint density at radius 3 is 2.73 bits per heavy atom. The van der Waals surface area contributed by atoms with Crippen molar-refractivity contribution in [3.05, 3.63) is 25.7 Å². The minimum Gasteiger partial charge on any atom is -0.506 e. The van der Waals surface area contributed by atoms with Gasteiger partial charge in [-0.2, -0.15) is 5.10 Å². The normalized spacial score (nSPS) is 10.5. The van der Waals surface area contributed by atoms with Crippen LogP contribution in [-0.2, 0) is 0 Å². The van der Waals surface area contributed by atoms with E-state index in [0.29, 0.717) is 9.13 Å². The molecule has 0 saturated heterocycles. The Labute approximate surface area is 109 Å². The maximum absolute atomic E-state index is 9.66. The molecule has 0 fully saturated rings. The molecule has 0 aliphatic carbocycles. The molecule has 1 rings (SSSR count). The third kappa shape index (κ3) is 3.67. The lowest BCUT2D eigenvalue weighted by Gasteiger charge is -2.01. The van der Waals surface area contributed by atoms with Crippen molar-refractivity contribution >= 4 is 50.7 Å². The zero-order valence-corrected chi connectivity index (χ0v) is 11.2. The topological polar surface area (TPSA) is 97.0 Å². The summed E-state index contributed by atoms with van der Waals surface area (Å²) in [6.45, 7) is 0. The summed E-state index contributed by atoms with van der Waals surface area (Å²) in [4.78, 5) is 0. The largest absolute Gasteiger partial charge is 0.506 e. The van der Waals surface area contributed by atoms with Gasteiger partial charge in [0.25, 0.3) is 0 Å². The first-order chi connectivity index (χ1) is 7.00. The maximum Gasteiger partial charge on any atom is 0.211 e. The molecule has 1 aromatic carbocycles. The lowest BCUT2D eigenvalue weighted by Crippen LogP contribution is -2.21. The molecule has 7 heteroatoms. The van der Waals surface area contributed by atoms with Gasteiger partial charge in [-0.15, -0.1) is 5.10 Å². The minimum atomic E-state index is -0.129. The number of nitrogens with zero attached hydrogens (tertiary/aromatic N) is 2. The Bertz CT molecular complexity index is 429. The highest BCUT2D eigenvalue weighted by Gasteiger charge is 2.04. The zero-order chi connectivity index (χ0) is 11.4. The third-order valence-electron chi connectivity index (χ3n) is 1.43. The van der Waals surface area contributed by atoms with E-state index in [0.717, 1.165) is 4.47 Å². The van der Waals surface area contributed by atoms with Gasteiger partial charge in [0, 0.05) is 10.0 Å². The molecule has 0 saturated carbocycles. The van der Waals surface area contributed by atoms with Crippen LogP contribution in [0.15, 0.2) is 26.8 Å². The Hall–Kier alpha value is -0.830. The van der Waals surface area contributed by atoms with E-state index in [2.05, 4.69) is 26.1 Å². The smallest absolute Gasteiger partial charge is 0.211 e. The van der Waals surface area contributed by atoms with E-state index in [1.54, 1.807) is 12.1 Å². The van der Waals surface area contributed by atoms with E-state index < -0.39 is 0 Å². The molecule has 0 heterocycles. The number of benzene rings is 1. The van der Waals surface area contributed by atoms with E-state index in [-0.39, 0.29) is 11.7 Å². The van der Waals surface area contributed by atoms with Crippen molar-refractivity contribution in [2.24, 2.45) is 21.7 Å². The molecular formula is C8H8BrIN4O. The number of hydrogen-bond donors (Lipinski definition) is 3. The average molecular weight is 383 g/mol. The highest BCUT2D eigenvalue weighted by atomic mass is 127. The summed E-state index contributed by atoms with van der Waals surface area (Å²) in [5.41, 5.74) is 10.7. The first kappa shape index (κ1) is 12.2. The molecule has 0 aliphatic rings. The number of aromatic hydroxyl groups is 1. The van der Waals surface area contributed by atoms with Crippen LogP contribution in [0.3, 0.4) is 0 Å². The minimum absolute atomic E-state index is 0.129. The highest BCUT2D eigenvalue weighted by Crippen LogP contribution is 2.27. The van der Waals surface area contributed by atoms with Crippen LogP contribution < -0.4 is 11.5 Å². The molecule has 5 nitrogen and oxygen atoms in total. The van der Waals surface area contributed by atoms with Gasteiger partial charge in [0.2, 0.25) is 5.96 Å². The summed E-state index contributed by atoms with van der Waals surface area (Å²) in [6, 6.07) is 3.50. The predicted molar refractivity (Wildman–Crippen MR) is 71.9 cm³/mol. The van der Waals surface area contributed by atoms with Gasteiger partial charge in [-0.1, -0.05) is 15.9 Å². The summed E-state index contributed by atoms with van der Waals surface area (Å²) in [7, 11) is 0. The SMILES string of the molecule is NC(N)=N/N=C\c1cc(Br)cc(I)c1O. The lowest BCUT2D eigenvalue weighted by atomic mass is 10.2. The van der Waals surface area contributed by atoms with Crippen LogP contribution in [0, 0.1) is 3.57 Å². The number of halogens is 2. The Balaban J connectivity index is 3.05. The zero-order valence-electron chi connectivity index (χ0n) is 7.48. The molecule has 0 aromatic heterocycles. The Morgan fingerprint density at radius 2 is 2.13 bits per heavy atom. The molecule has 0 amide bonds. The van der Waals surface area contributed by atoms with Crippen LogP contribution in [0.2, 0.25) is 0 Å². The van der Waals surface area contributed by atoms with Gasteiger partial charge in [0.15, 0.2) is 0 Å². The summed E-state index contributed by atoms with van der Waals surface area (Å²) in [6.07, 6.45) is 1.38. The van der Waals surface area contributed by atoms with Gasteiger partial charge in [-0.05, 0) is 34.7 Å². The summed E-state index contributed by atoms with van der Waals surface area (Å²) < 4.78 is 1.56. The summed E-state index contributed by atoms with van der Waals surface area (Å²) in [5.74, 6) is 0.0174. The van der Waals surface area contributed by atoms with Crippen LogP contribution in [0.4, 0.5) is 0 Å². The number of phenols is 1. The van der Waals surface area contributed by atoms with Crippen molar-refractivity contribution in [1.29, 1.82) is 0 Å². The van der Waals surface area contributed by atoms with Crippen molar-refractivity contribution in [2.75, 3.05) is 0 Å². The third-order valence-corrected chi connectivity index (χ3v) is 2.71. The number of hydrogen-bond acceptors (Lipinski definition) is 3. The fraction of sp³-hybridized carbons (Fsp3) is 0. The van der Waals surface area contributed by atoms with Crippen molar-refractivity contribution in [3.8, 4) is 5.75 Å². The first-order valence-corrected chi connectivity index (χ1v) is 5.68. The quantitative estimate of drug-likeness (QED) is 0.312. The van der Waals surface area contributed by atoms with Crippen LogP contribution in [0.5, 0.6) is 5.75 Å². The first-order valence-electron chi connectivity index (χ1n) is 3.80. The molecule has 0 spiro atoms. The monoisotopic (exact) mass is 382 g/mol. The van der Waals surface area contributed by atoms with Gasteiger partial charge >= 0.3 is 0 Å². The van der Waals surface area contributed by atoms with Crippen LogP contribution in [0.1, 0.15) is 5.56 Å². The molecule has 0 bridgehead atoms. The van der Waals surface area contributed by atoms with E-state index in [1.165, 1.54) is 6.21 Å². The fourth-order valence-corrected chi connectivity index (χ4v) is 2.39. The summed E-state index contributed by atoms with van der Waals surface area (Å²) >= 11 is 5.32. The molecule has 0 atom stereocenters. The number of rotatable bonds is 2. The molecular weight excluding hydrogens is 375 g/mol. The van der Waals surface area contributed by atoms with Crippen molar-refractivity contribution in [2.45, 2.75) is 0 Å². The summed E-state index contributed by atoms with van der Waals surface area (Å²) in [5, 5.41) is 16.7. The molecule has 80 valence electrons. The molecule has 0 aliphatic heterocycles. The van der Waals surface area contributed by atoms with E-state index in [4.69, 9.17) is 11.5 Å². The standard InChI is InChI=1S/C8H8BrIN4O/c9-5-1-4(3-13-14-8(11)12)7(15)6(10)2-5/h1-3,15H,(H4,11,12,14)/b13-3-. The second-order valence-electron chi connectivity index (χ2n) is 2.59. The predicted octanol–water partition coefficient (Wildman–Crippen LogP) is 1.37. The van der Waals surface area contributed by atoms with Crippen molar-refractivity contribution in [3.63, 3.8) is 0 Å². The Kier molecular flexibility index (Phi) is 4.33. The van der Waals surface area contributed by atoms with Crippen LogP contribution in [-0.4, -0.2) is 17.3 Å². The molecule has 1 aromatic rings. The van der Waals surface area contributed by atoms with Gasteiger partial charge < -0.3 is 16.6 Å². The molecule has 15 heavy (non-hydrogen) atoms. The Morgan fingerprint density at radius 1 is 1.47 bits per heavy atom. The second kappa shape index (κ2) is 5.31. The van der Waals surface area contributed by atoms with Crippen molar-refractivity contribution in [1.82, 2.24) is 0 Å². The van der Waals surface area contributed by atoms with Crippen LogP contribution >= 0.6 is 38.5 Å². The fourth-order valence-electron chi connectivity index (χ4n) is 0.842. The average Bonchev–Trinajstić information content (AvgIpc) is 2.12. The number of guanidine groups is 1. The van der Waals surface area contributed by atoms with Gasteiger partial charge in [0.05, 0.1) is 9.78 Å². The van der Waals surface area contributed by atoms with Gasteiger partial charge in [-0.3, -0.25) is 0 Å². The highest BCUT2D eigenvalue weighted by molar-refractivity contribution is 14.1. The molecule has 5 N–H and O–H groups in total. The van der Waals surface area contributed by atoms with Gasteiger partial charge in [0.1, 0.15) is 5.75 Å². The molecule has 0 unspecified atom stereocenters. The van der Waals surface area contributed by atoms with Gasteiger partial charge in [-0.25, -0.2) is 0 Å². The van der Waals surface area contributed by atoms with E-state index >= 15 is 0 Å². The van der Waals surface area contributed by atoms with Crippen LogP contribution in [0.25, 0.3) is 0 Å². The number of nitrogens with two attached hydrogens (primary N) is 2. The van der Waals surface area contributed by atoms with E-state index in [1.807, 2.05) is 22.6 Å². The maximum atomic E-state index is 9.66. The second-order valence-corrected chi connectivity index (χ2v) is 4.67. The van der Waals surface area contributed by atoms with E-state index in [9.17, 15) is 5.11 Å².